The Kier molecular flexibility index (Phi) is 7.26. The van der Waals surface area contributed by atoms with Crippen LogP contribution in [-0.4, -0.2) is 54.7 Å². The largest absolute Gasteiger partial charge is 0.416 e. The Bertz CT molecular complexity index is 919. The SMILES string of the molecule is CCC[C@H](N)C(=O)N(C(C)C)C1CC[C@H]2CN(S(=O)(=O)c3ccc(C(F)(F)F)cc3)CC12. The van der Waals surface area contributed by atoms with Crippen LogP contribution in [0.25, 0.3) is 0 Å². The van der Waals surface area contributed by atoms with Gasteiger partial charge in [-0.3, -0.25) is 4.79 Å². The van der Waals surface area contributed by atoms with Crippen LogP contribution in [-0.2, 0) is 21.0 Å². The number of fused-ring (bicyclic) bond motifs is 1. The second-order valence-corrected chi connectivity index (χ2v) is 11.1. The van der Waals surface area contributed by atoms with Crippen LogP contribution in [0.1, 0.15) is 52.0 Å². The minimum absolute atomic E-state index is 0.0144. The molecular formula is C22H32F3N3O3S. The van der Waals surface area contributed by atoms with E-state index in [-0.39, 0.29) is 41.3 Å². The van der Waals surface area contributed by atoms with E-state index in [1.165, 1.54) is 4.31 Å². The Morgan fingerprint density at radius 1 is 1.19 bits per heavy atom. The van der Waals surface area contributed by atoms with Crippen molar-refractivity contribution in [2.45, 2.75) is 75.7 Å². The van der Waals surface area contributed by atoms with E-state index in [0.717, 1.165) is 43.5 Å². The molecule has 2 aliphatic rings. The van der Waals surface area contributed by atoms with Crippen LogP contribution >= 0.6 is 0 Å². The molecule has 1 aromatic carbocycles. The molecule has 1 aliphatic carbocycles. The van der Waals surface area contributed by atoms with E-state index in [9.17, 15) is 26.4 Å². The van der Waals surface area contributed by atoms with Gasteiger partial charge in [0, 0.05) is 25.2 Å². The third-order valence-corrected chi connectivity index (χ3v) is 8.54. The summed E-state index contributed by atoms with van der Waals surface area (Å²) in [7, 11) is -3.92. The normalized spacial score (nSPS) is 25.2. The maximum Gasteiger partial charge on any atom is 0.416 e. The van der Waals surface area contributed by atoms with E-state index >= 15 is 0 Å². The molecule has 0 radical (unpaired) electrons. The summed E-state index contributed by atoms with van der Waals surface area (Å²) in [6.07, 6.45) is -1.53. The van der Waals surface area contributed by atoms with Crippen molar-refractivity contribution in [1.29, 1.82) is 0 Å². The lowest BCUT2D eigenvalue weighted by molar-refractivity contribution is -0.138. The zero-order valence-corrected chi connectivity index (χ0v) is 19.5. The van der Waals surface area contributed by atoms with Crippen LogP contribution in [0.3, 0.4) is 0 Å². The zero-order valence-electron chi connectivity index (χ0n) is 18.7. The Hall–Kier alpha value is -1.65. The second kappa shape index (κ2) is 9.30. The fourth-order valence-corrected chi connectivity index (χ4v) is 6.66. The Morgan fingerprint density at radius 3 is 2.34 bits per heavy atom. The van der Waals surface area contributed by atoms with Crippen LogP contribution < -0.4 is 5.73 Å². The number of amides is 1. The van der Waals surface area contributed by atoms with Crippen molar-refractivity contribution in [2.24, 2.45) is 17.6 Å². The van der Waals surface area contributed by atoms with E-state index in [1.54, 1.807) is 0 Å². The van der Waals surface area contributed by atoms with E-state index in [1.807, 2.05) is 25.7 Å². The molecule has 6 nitrogen and oxygen atoms in total. The highest BCUT2D eigenvalue weighted by Gasteiger charge is 2.49. The van der Waals surface area contributed by atoms with Gasteiger partial charge in [-0.25, -0.2) is 8.42 Å². The number of sulfonamides is 1. The molecule has 32 heavy (non-hydrogen) atoms. The highest BCUT2D eigenvalue weighted by atomic mass is 32.2. The zero-order chi connectivity index (χ0) is 23.8. The van der Waals surface area contributed by atoms with Gasteiger partial charge in [0.05, 0.1) is 16.5 Å². The molecule has 1 heterocycles. The topological polar surface area (TPSA) is 83.7 Å². The van der Waals surface area contributed by atoms with Crippen LogP contribution in [0, 0.1) is 11.8 Å². The van der Waals surface area contributed by atoms with Crippen molar-refractivity contribution in [3.8, 4) is 0 Å². The summed E-state index contributed by atoms with van der Waals surface area (Å²) < 4.78 is 66.0. The molecule has 2 fully saturated rings. The van der Waals surface area contributed by atoms with Gasteiger partial charge in [-0.1, -0.05) is 13.3 Å². The number of benzene rings is 1. The lowest BCUT2D eigenvalue weighted by atomic mass is 9.95. The van der Waals surface area contributed by atoms with Crippen LogP contribution in [0.15, 0.2) is 29.2 Å². The third kappa shape index (κ3) is 4.82. The highest BCUT2D eigenvalue weighted by Crippen LogP contribution is 2.43. The number of nitrogens with zero attached hydrogens (tertiary/aromatic N) is 2. The van der Waals surface area contributed by atoms with Crippen molar-refractivity contribution in [2.75, 3.05) is 13.1 Å². The molecule has 1 aromatic rings. The fraction of sp³-hybridized carbons (Fsp3) is 0.682. The average Bonchev–Trinajstić information content (AvgIpc) is 3.30. The van der Waals surface area contributed by atoms with E-state index < -0.39 is 27.8 Å². The number of halogens is 3. The van der Waals surface area contributed by atoms with Gasteiger partial charge in [0.25, 0.3) is 0 Å². The number of hydrogen-bond donors (Lipinski definition) is 1. The number of nitrogens with two attached hydrogens (primary N) is 1. The summed E-state index contributed by atoms with van der Waals surface area (Å²) in [5.41, 5.74) is 5.22. The molecule has 0 aromatic heterocycles. The fourth-order valence-electron chi connectivity index (χ4n) is 5.13. The lowest BCUT2D eigenvalue weighted by Crippen LogP contribution is -2.53. The number of carbonyl (C=O) groups excluding carboxylic acids is 1. The molecule has 4 atom stereocenters. The Labute approximate surface area is 188 Å². The van der Waals surface area contributed by atoms with Crippen molar-refractivity contribution < 1.29 is 26.4 Å². The molecule has 10 heteroatoms. The molecule has 2 N–H and O–H groups in total. The standard InChI is InChI=1S/C22H32F3N3O3S/c1-4-5-19(26)21(29)28(14(2)3)20-11-6-15-12-27(13-18(15)20)32(30,31)17-9-7-16(8-10-17)22(23,24)25/h7-10,14-15,18-20H,4-6,11-13,26H2,1-3H3/t15-,18?,19-,20?/m0/s1. The molecule has 0 bridgehead atoms. The molecule has 180 valence electrons. The van der Waals surface area contributed by atoms with Gasteiger partial charge in [-0.05, 0) is 69.2 Å². The van der Waals surface area contributed by atoms with E-state index in [0.29, 0.717) is 13.0 Å². The Morgan fingerprint density at radius 2 is 1.81 bits per heavy atom. The van der Waals surface area contributed by atoms with Gasteiger partial charge in [0.2, 0.25) is 15.9 Å². The molecule has 1 saturated heterocycles. The number of rotatable bonds is 7. The first kappa shape index (κ1) is 25.0. The summed E-state index contributed by atoms with van der Waals surface area (Å²) in [4.78, 5) is 14.7. The van der Waals surface area contributed by atoms with Gasteiger partial charge < -0.3 is 10.6 Å². The third-order valence-electron chi connectivity index (χ3n) is 6.69. The first-order valence-corrected chi connectivity index (χ1v) is 12.6. The van der Waals surface area contributed by atoms with Crippen molar-refractivity contribution in [3.63, 3.8) is 0 Å². The maximum absolute atomic E-state index is 13.1. The average molecular weight is 476 g/mol. The van der Waals surface area contributed by atoms with Gasteiger partial charge in [0.1, 0.15) is 0 Å². The summed E-state index contributed by atoms with van der Waals surface area (Å²) in [5.74, 6) is -0.00313. The maximum atomic E-state index is 13.1. The lowest BCUT2D eigenvalue weighted by Gasteiger charge is -2.38. The quantitative estimate of drug-likeness (QED) is 0.655. The molecule has 3 rings (SSSR count). The molecule has 0 spiro atoms. The van der Waals surface area contributed by atoms with E-state index in [2.05, 4.69) is 0 Å². The van der Waals surface area contributed by atoms with Gasteiger partial charge in [0.15, 0.2) is 0 Å². The first-order chi connectivity index (χ1) is 14.9. The number of alkyl halides is 3. The summed E-state index contributed by atoms with van der Waals surface area (Å²) in [5, 5.41) is 0. The molecule has 2 unspecified atom stereocenters. The van der Waals surface area contributed by atoms with E-state index in [4.69, 9.17) is 5.73 Å². The van der Waals surface area contributed by atoms with Crippen molar-refractivity contribution >= 4 is 15.9 Å². The minimum Gasteiger partial charge on any atom is -0.336 e. The monoisotopic (exact) mass is 475 g/mol. The van der Waals surface area contributed by atoms with Crippen LogP contribution in [0.5, 0.6) is 0 Å². The van der Waals surface area contributed by atoms with Gasteiger partial charge in [-0.15, -0.1) is 0 Å². The number of hydrogen-bond acceptors (Lipinski definition) is 4. The van der Waals surface area contributed by atoms with Gasteiger partial charge in [-0.2, -0.15) is 17.5 Å². The second-order valence-electron chi connectivity index (χ2n) is 9.15. The smallest absolute Gasteiger partial charge is 0.336 e. The molecule has 1 saturated carbocycles. The van der Waals surface area contributed by atoms with Crippen LogP contribution in [0.4, 0.5) is 13.2 Å². The predicted octanol–water partition coefficient (Wildman–Crippen LogP) is 3.47. The number of carbonyl (C=O) groups is 1. The summed E-state index contributed by atoms with van der Waals surface area (Å²) >= 11 is 0. The summed E-state index contributed by atoms with van der Waals surface area (Å²) in [6, 6.07) is 2.88. The van der Waals surface area contributed by atoms with Crippen LogP contribution in [0.2, 0.25) is 0 Å². The first-order valence-electron chi connectivity index (χ1n) is 11.1. The Balaban J connectivity index is 1.79. The van der Waals surface area contributed by atoms with Crippen molar-refractivity contribution in [3.05, 3.63) is 29.8 Å². The highest BCUT2D eigenvalue weighted by molar-refractivity contribution is 7.89. The molecular weight excluding hydrogens is 443 g/mol. The van der Waals surface area contributed by atoms with Crippen molar-refractivity contribution in [1.82, 2.24) is 9.21 Å². The minimum atomic E-state index is -4.52. The summed E-state index contributed by atoms with van der Waals surface area (Å²) in [6.45, 7) is 6.41. The predicted molar refractivity (Wildman–Crippen MR) is 115 cm³/mol. The molecule has 1 amide bonds. The molecule has 1 aliphatic heterocycles. The van der Waals surface area contributed by atoms with Gasteiger partial charge >= 0.3 is 6.18 Å².